The van der Waals surface area contributed by atoms with Crippen molar-refractivity contribution in [1.82, 2.24) is 4.98 Å². The summed E-state index contributed by atoms with van der Waals surface area (Å²) in [5, 5.41) is 2.20. The molecule has 1 aromatic heterocycles. The van der Waals surface area contributed by atoms with Crippen LogP contribution in [0.15, 0.2) is 24.4 Å². The van der Waals surface area contributed by atoms with E-state index in [1.165, 1.54) is 0 Å². The number of benzene rings is 1. The van der Waals surface area contributed by atoms with E-state index in [0.29, 0.717) is 6.79 Å². The highest BCUT2D eigenvalue weighted by atomic mass is 16.7. The number of aromatic nitrogens is 1. The van der Waals surface area contributed by atoms with Gasteiger partial charge in [-0.3, -0.25) is 4.98 Å². The van der Waals surface area contributed by atoms with Crippen LogP contribution in [0.1, 0.15) is 12.6 Å². The maximum Gasteiger partial charge on any atom is 0.231 e. The van der Waals surface area contributed by atoms with Gasteiger partial charge in [0.05, 0.1) is 0 Å². The van der Waals surface area contributed by atoms with E-state index in [9.17, 15) is 0 Å². The molecule has 0 amide bonds. The zero-order valence-corrected chi connectivity index (χ0v) is 9.64. The van der Waals surface area contributed by atoms with Crippen LogP contribution in [0.25, 0.3) is 10.8 Å². The Hall–Kier alpha value is -1.81. The second-order valence-electron chi connectivity index (χ2n) is 4.37. The number of fused-ring (bicyclic) bond motifs is 2. The molecule has 4 heteroatoms. The minimum atomic E-state index is 0.0959. The lowest BCUT2D eigenvalue weighted by Gasteiger charge is -2.08. The lowest BCUT2D eigenvalue weighted by Crippen LogP contribution is -2.18. The van der Waals surface area contributed by atoms with Crippen LogP contribution in [0.5, 0.6) is 11.5 Å². The molecular formula is C13H14N2O2. The average Bonchev–Trinajstić information content (AvgIpc) is 2.73. The van der Waals surface area contributed by atoms with E-state index in [0.717, 1.165) is 34.4 Å². The first-order chi connectivity index (χ1) is 8.24. The van der Waals surface area contributed by atoms with Gasteiger partial charge in [-0.1, -0.05) is 0 Å². The molecule has 2 aromatic rings. The molecule has 1 atom stereocenters. The highest BCUT2D eigenvalue weighted by Crippen LogP contribution is 2.36. The molecule has 17 heavy (non-hydrogen) atoms. The van der Waals surface area contributed by atoms with E-state index < -0.39 is 0 Å². The summed E-state index contributed by atoms with van der Waals surface area (Å²) < 4.78 is 10.7. The SMILES string of the molecule is CC(N)Cc1nccc2cc3c(cc12)OCO3. The Morgan fingerprint density at radius 2 is 2.12 bits per heavy atom. The topological polar surface area (TPSA) is 57.4 Å². The predicted molar refractivity (Wildman–Crippen MR) is 65.2 cm³/mol. The molecule has 1 aliphatic rings. The maximum absolute atomic E-state index is 5.83. The van der Waals surface area contributed by atoms with Crippen molar-refractivity contribution in [3.05, 3.63) is 30.1 Å². The minimum absolute atomic E-state index is 0.0959. The van der Waals surface area contributed by atoms with Gasteiger partial charge in [0.2, 0.25) is 6.79 Å². The van der Waals surface area contributed by atoms with Gasteiger partial charge in [0, 0.05) is 29.7 Å². The third kappa shape index (κ3) is 1.80. The van der Waals surface area contributed by atoms with Crippen molar-refractivity contribution in [3.63, 3.8) is 0 Å². The van der Waals surface area contributed by atoms with Crippen molar-refractivity contribution in [2.45, 2.75) is 19.4 Å². The number of hydrogen-bond acceptors (Lipinski definition) is 4. The fraction of sp³-hybridized carbons (Fsp3) is 0.308. The molecule has 2 heterocycles. The number of nitrogens with zero attached hydrogens (tertiary/aromatic N) is 1. The zero-order valence-electron chi connectivity index (χ0n) is 9.64. The standard InChI is InChI=1S/C13H14N2O2/c1-8(14)4-11-10-6-13-12(16-7-17-13)5-9(10)2-3-15-11/h2-3,5-6,8H,4,7,14H2,1H3. The molecule has 0 spiro atoms. The Bertz CT molecular complexity index is 567. The Morgan fingerprint density at radius 3 is 2.88 bits per heavy atom. The second-order valence-corrected chi connectivity index (χ2v) is 4.37. The van der Waals surface area contributed by atoms with Gasteiger partial charge in [0.15, 0.2) is 11.5 Å². The summed E-state index contributed by atoms with van der Waals surface area (Å²) in [5.74, 6) is 1.59. The van der Waals surface area contributed by atoms with Gasteiger partial charge >= 0.3 is 0 Å². The molecule has 0 aliphatic carbocycles. The molecule has 2 N–H and O–H groups in total. The van der Waals surface area contributed by atoms with Crippen LogP contribution in [0.3, 0.4) is 0 Å². The maximum atomic E-state index is 5.83. The summed E-state index contributed by atoms with van der Waals surface area (Å²) in [6.07, 6.45) is 2.57. The Labute approximate surface area is 99.4 Å². The van der Waals surface area contributed by atoms with E-state index in [4.69, 9.17) is 15.2 Å². The first kappa shape index (κ1) is 10.4. The number of rotatable bonds is 2. The Kier molecular flexibility index (Phi) is 2.37. The number of pyridine rings is 1. The summed E-state index contributed by atoms with van der Waals surface area (Å²) in [6.45, 7) is 2.27. The van der Waals surface area contributed by atoms with Crippen LogP contribution in [-0.2, 0) is 6.42 Å². The van der Waals surface area contributed by atoms with Gasteiger partial charge in [-0.05, 0) is 30.5 Å². The summed E-state index contributed by atoms with van der Waals surface area (Å²) in [7, 11) is 0. The molecular weight excluding hydrogens is 216 g/mol. The third-order valence-electron chi connectivity index (χ3n) is 2.86. The molecule has 0 saturated carbocycles. The molecule has 0 bridgehead atoms. The van der Waals surface area contributed by atoms with Gasteiger partial charge in [-0.2, -0.15) is 0 Å². The fourth-order valence-corrected chi connectivity index (χ4v) is 2.09. The van der Waals surface area contributed by atoms with Crippen molar-refractivity contribution in [3.8, 4) is 11.5 Å². The van der Waals surface area contributed by atoms with Crippen molar-refractivity contribution in [2.24, 2.45) is 5.73 Å². The normalized spacial score (nSPS) is 15.2. The zero-order chi connectivity index (χ0) is 11.8. The van der Waals surface area contributed by atoms with Crippen LogP contribution in [-0.4, -0.2) is 17.8 Å². The molecule has 1 unspecified atom stereocenters. The van der Waals surface area contributed by atoms with E-state index in [1.807, 2.05) is 31.3 Å². The number of ether oxygens (including phenoxy) is 2. The van der Waals surface area contributed by atoms with Crippen molar-refractivity contribution in [2.75, 3.05) is 6.79 Å². The molecule has 0 radical (unpaired) electrons. The summed E-state index contributed by atoms with van der Waals surface area (Å²) >= 11 is 0. The van der Waals surface area contributed by atoms with Crippen LogP contribution < -0.4 is 15.2 Å². The molecule has 1 aliphatic heterocycles. The van der Waals surface area contributed by atoms with Crippen molar-refractivity contribution >= 4 is 10.8 Å². The summed E-state index contributed by atoms with van der Waals surface area (Å²) in [5.41, 5.74) is 6.84. The van der Waals surface area contributed by atoms with Gasteiger partial charge in [0.25, 0.3) is 0 Å². The lowest BCUT2D eigenvalue weighted by molar-refractivity contribution is 0.174. The fourth-order valence-electron chi connectivity index (χ4n) is 2.09. The largest absolute Gasteiger partial charge is 0.454 e. The van der Waals surface area contributed by atoms with Crippen molar-refractivity contribution < 1.29 is 9.47 Å². The number of nitrogens with two attached hydrogens (primary N) is 1. The second kappa shape index (κ2) is 3.89. The highest BCUT2D eigenvalue weighted by Gasteiger charge is 2.16. The average molecular weight is 230 g/mol. The molecule has 88 valence electrons. The van der Waals surface area contributed by atoms with Crippen LogP contribution >= 0.6 is 0 Å². The van der Waals surface area contributed by atoms with E-state index >= 15 is 0 Å². The van der Waals surface area contributed by atoms with E-state index in [2.05, 4.69) is 4.98 Å². The smallest absolute Gasteiger partial charge is 0.231 e. The Balaban J connectivity index is 2.17. The third-order valence-corrected chi connectivity index (χ3v) is 2.86. The monoisotopic (exact) mass is 230 g/mol. The molecule has 1 aromatic carbocycles. The van der Waals surface area contributed by atoms with E-state index in [-0.39, 0.29) is 6.04 Å². The van der Waals surface area contributed by atoms with Crippen LogP contribution in [0, 0.1) is 0 Å². The molecule has 3 rings (SSSR count). The van der Waals surface area contributed by atoms with Crippen LogP contribution in [0.2, 0.25) is 0 Å². The van der Waals surface area contributed by atoms with Gasteiger partial charge in [-0.25, -0.2) is 0 Å². The predicted octanol–water partition coefficient (Wildman–Crippen LogP) is 1.85. The molecule has 4 nitrogen and oxygen atoms in total. The Morgan fingerprint density at radius 1 is 1.35 bits per heavy atom. The summed E-state index contributed by atoms with van der Waals surface area (Å²) in [6, 6.07) is 6.05. The number of hydrogen-bond donors (Lipinski definition) is 1. The summed E-state index contributed by atoms with van der Waals surface area (Å²) in [4.78, 5) is 4.40. The minimum Gasteiger partial charge on any atom is -0.454 e. The van der Waals surface area contributed by atoms with E-state index in [1.54, 1.807) is 0 Å². The molecule has 0 fully saturated rings. The van der Waals surface area contributed by atoms with Crippen LogP contribution in [0.4, 0.5) is 0 Å². The van der Waals surface area contributed by atoms with Crippen molar-refractivity contribution in [1.29, 1.82) is 0 Å². The first-order valence-electron chi connectivity index (χ1n) is 5.67. The highest BCUT2D eigenvalue weighted by molar-refractivity contribution is 5.88. The lowest BCUT2D eigenvalue weighted by atomic mass is 10.0. The quantitative estimate of drug-likeness (QED) is 0.855. The molecule has 0 saturated heterocycles. The first-order valence-corrected chi connectivity index (χ1v) is 5.67. The van der Waals surface area contributed by atoms with Gasteiger partial charge < -0.3 is 15.2 Å². The van der Waals surface area contributed by atoms with Gasteiger partial charge in [0.1, 0.15) is 0 Å². The van der Waals surface area contributed by atoms with Gasteiger partial charge in [-0.15, -0.1) is 0 Å².